The number of rotatable bonds is 10. The first-order valence-corrected chi connectivity index (χ1v) is 8.80. The second kappa shape index (κ2) is 10.1. The standard InChI is InChI=1S/C22H33N/c1-7-8-12-21-14-13-19(5)22(15-21)20(6)23-16-18(4)11-9-10-17(2)3/h9-10,13-15,17,23H,4,6-8,11-12,16H2,1-3,5H3/b10-9+. The molecule has 1 N–H and O–H groups in total. The van der Waals surface area contributed by atoms with Crippen molar-refractivity contribution in [2.24, 2.45) is 5.92 Å². The van der Waals surface area contributed by atoms with Gasteiger partial charge < -0.3 is 5.32 Å². The molecular weight excluding hydrogens is 278 g/mol. The highest BCUT2D eigenvalue weighted by molar-refractivity contribution is 5.65. The van der Waals surface area contributed by atoms with Crippen LogP contribution in [-0.4, -0.2) is 6.54 Å². The van der Waals surface area contributed by atoms with Crippen LogP contribution >= 0.6 is 0 Å². The molecule has 0 unspecified atom stereocenters. The summed E-state index contributed by atoms with van der Waals surface area (Å²) in [5.74, 6) is 0.597. The summed E-state index contributed by atoms with van der Waals surface area (Å²) in [6, 6.07) is 6.71. The lowest BCUT2D eigenvalue weighted by Crippen LogP contribution is -2.15. The molecule has 1 aromatic carbocycles. The molecule has 0 saturated heterocycles. The number of hydrogen-bond donors (Lipinski definition) is 1. The second-order valence-corrected chi connectivity index (χ2v) is 6.71. The average molecular weight is 312 g/mol. The van der Waals surface area contributed by atoms with Crippen molar-refractivity contribution in [3.05, 3.63) is 65.8 Å². The first-order chi connectivity index (χ1) is 10.9. The van der Waals surface area contributed by atoms with E-state index in [2.05, 4.69) is 76.5 Å². The van der Waals surface area contributed by atoms with Gasteiger partial charge in [-0.05, 0) is 49.3 Å². The van der Waals surface area contributed by atoms with Crippen LogP contribution in [0.15, 0.2) is 49.1 Å². The molecule has 0 amide bonds. The Labute approximate surface area is 143 Å². The van der Waals surface area contributed by atoms with Crippen LogP contribution < -0.4 is 5.32 Å². The molecule has 1 rings (SSSR count). The topological polar surface area (TPSA) is 12.0 Å². The highest BCUT2D eigenvalue weighted by Gasteiger charge is 2.05. The van der Waals surface area contributed by atoms with E-state index in [0.717, 1.165) is 25.1 Å². The van der Waals surface area contributed by atoms with E-state index in [-0.39, 0.29) is 0 Å². The molecule has 1 nitrogen and oxygen atoms in total. The Bertz CT molecular complexity index is 549. The zero-order valence-corrected chi connectivity index (χ0v) is 15.4. The molecule has 0 aliphatic heterocycles. The summed E-state index contributed by atoms with van der Waals surface area (Å²) in [6.45, 7) is 17.9. The highest BCUT2D eigenvalue weighted by atomic mass is 14.9. The summed E-state index contributed by atoms with van der Waals surface area (Å²) >= 11 is 0. The van der Waals surface area contributed by atoms with Gasteiger partial charge in [0, 0.05) is 17.8 Å². The van der Waals surface area contributed by atoms with E-state index in [4.69, 9.17) is 0 Å². The van der Waals surface area contributed by atoms with E-state index < -0.39 is 0 Å². The quantitative estimate of drug-likeness (QED) is 0.518. The summed E-state index contributed by atoms with van der Waals surface area (Å²) in [4.78, 5) is 0. The second-order valence-electron chi connectivity index (χ2n) is 6.71. The third kappa shape index (κ3) is 7.36. The summed E-state index contributed by atoms with van der Waals surface area (Å²) in [7, 11) is 0. The molecule has 23 heavy (non-hydrogen) atoms. The third-order valence-electron chi connectivity index (χ3n) is 3.93. The number of hydrogen-bond acceptors (Lipinski definition) is 1. The zero-order valence-electron chi connectivity index (χ0n) is 15.4. The first kappa shape index (κ1) is 19.3. The molecule has 1 heteroatoms. The predicted octanol–water partition coefficient (Wildman–Crippen LogP) is 6.06. The highest BCUT2D eigenvalue weighted by Crippen LogP contribution is 2.19. The number of unbranched alkanes of at least 4 members (excludes halogenated alkanes) is 1. The minimum absolute atomic E-state index is 0.597. The first-order valence-electron chi connectivity index (χ1n) is 8.80. The Morgan fingerprint density at radius 3 is 2.65 bits per heavy atom. The van der Waals surface area contributed by atoms with E-state index >= 15 is 0 Å². The van der Waals surface area contributed by atoms with Gasteiger partial charge in [-0.1, -0.05) is 70.2 Å². The Kier molecular flexibility index (Phi) is 8.47. The molecule has 0 fully saturated rings. The van der Waals surface area contributed by atoms with Crippen molar-refractivity contribution in [3.63, 3.8) is 0 Å². The van der Waals surface area contributed by atoms with Crippen molar-refractivity contribution >= 4 is 5.70 Å². The maximum atomic E-state index is 4.22. The number of benzene rings is 1. The number of aryl methyl sites for hydroxylation is 2. The smallest absolute Gasteiger partial charge is 0.0360 e. The van der Waals surface area contributed by atoms with Crippen molar-refractivity contribution < 1.29 is 0 Å². The van der Waals surface area contributed by atoms with Gasteiger partial charge in [0.25, 0.3) is 0 Å². The Hall–Kier alpha value is -1.76. The Balaban J connectivity index is 2.58. The summed E-state index contributed by atoms with van der Waals surface area (Å²) in [5.41, 5.74) is 6.07. The van der Waals surface area contributed by atoms with E-state index in [1.807, 2.05) is 0 Å². The predicted molar refractivity (Wildman–Crippen MR) is 105 cm³/mol. The molecule has 0 saturated carbocycles. The van der Waals surface area contributed by atoms with Gasteiger partial charge in [-0.15, -0.1) is 0 Å². The summed E-state index contributed by atoms with van der Waals surface area (Å²) < 4.78 is 0. The SMILES string of the molecule is C=C(C/C=C/C(C)C)CNC(=C)c1cc(CCCC)ccc1C. The van der Waals surface area contributed by atoms with Crippen molar-refractivity contribution in [2.45, 2.75) is 53.4 Å². The number of nitrogens with one attached hydrogen (secondary N) is 1. The van der Waals surface area contributed by atoms with Gasteiger partial charge in [-0.25, -0.2) is 0 Å². The van der Waals surface area contributed by atoms with Gasteiger partial charge in [0.15, 0.2) is 0 Å². The van der Waals surface area contributed by atoms with Crippen molar-refractivity contribution in [3.8, 4) is 0 Å². The lowest BCUT2D eigenvalue weighted by atomic mass is 9.99. The van der Waals surface area contributed by atoms with Gasteiger partial charge in [0.2, 0.25) is 0 Å². The molecule has 0 aliphatic carbocycles. The molecule has 0 radical (unpaired) electrons. The lowest BCUT2D eigenvalue weighted by molar-refractivity contribution is 0.794. The van der Waals surface area contributed by atoms with Crippen LogP contribution in [0, 0.1) is 12.8 Å². The lowest BCUT2D eigenvalue weighted by Gasteiger charge is -2.14. The van der Waals surface area contributed by atoms with Crippen LogP contribution in [0.2, 0.25) is 0 Å². The molecule has 126 valence electrons. The van der Waals surface area contributed by atoms with Crippen molar-refractivity contribution in [2.75, 3.05) is 6.54 Å². The van der Waals surface area contributed by atoms with Gasteiger partial charge in [-0.2, -0.15) is 0 Å². The summed E-state index contributed by atoms with van der Waals surface area (Å²) in [6.07, 6.45) is 8.96. The number of allylic oxidation sites excluding steroid dienone is 2. The van der Waals surface area contributed by atoms with Crippen LogP contribution in [0.3, 0.4) is 0 Å². The van der Waals surface area contributed by atoms with Crippen LogP contribution in [0.1, 0.15) is 56.7 Å². The molecule has 0 spiro atoms. The summed E-state index contributed by atoms with van der Waals surface area (Å²) in [5, 5.41) is 3.43. The maximum Gasteiger partial charge on any atom is 0.0360 e. The van der Waals surface area contributed by atoms with Crippen LogP contribution in [-0.2, 0) is 6.42 Å². The molecule has 1 aromatic rings. The van der Waals surface area contributed by atoms with E-state index in [1.165, 1.54) is 35.1 Å². The third-order valence-corrected chi connectivity index (χ3v) is 3.93. The van der Waals surface area contributed by atoms with E-state index in [0.29, 0.717) is 5.92 Å². The van der Waals surface area contributed by atoms with E-state index in [1.54, 1.807) is 0 Å². The molecule has 0 aromatic heterocycles. The normalized spacial score (nSPS) is 11.2. The molecule has 0 atom stereocenters. The van der Waals surface area contributed by atoms with Gasteiger partial charge in [-0.3, -0.25) is 0 Å². The van der Waals surface area contributed by atoms with Crippen LogP contribution in [0.4, 0.5) is 0 Å². The average Bonchev–Trinajstić information content (AvgIpc) is 2.51. The fourth-order valence-corrected chi connectivity index (χ4v) is 2.44. The molecular formula is C22H33N. The zero-order chi connectivity index (χ0) is 17.2. The molecule has 0 bridgehead atoms. The van der Waals surface area contributed by atoms with E-state index in [9.17, 15) is 0 Å². The molecule has 0 aliphatic rings. The monoisotopic (exact) mass is 311 g/mol. The molecule has 0 heterocycles. The Morgan fingerprint density at radius 2 is 2.00 bits per heavy atom. The largest absolute Gasteiger partial charge is 0.381 e. The fourth-order valence-electron chi connectivity index (χ4n) is 2.44. The van der Waals surface area contributed by atoms with Gasteiger partial charge in [0.1, 0.15) is 0 Å². The van der Waals surface area contributed by atoms with Crippen molar-refractivity contribution in [1.82, 2.24) is 5.32 Å². The maximum absolute atomic E-state index is 4.22. The van der Waals surface area contributed by atoms with Gasteiger partial charge >= 0.3 is 0 Å². The fraction of sp³-hybridized carbons (Fsp3) is 0.455. The minimum atomic E-state index is 0.597. The van der Waals surface area contributed by atoms with Crippen LogP contribution in [0.5, 0.6) is 0 Å². The van der Waals surface area contributed by atoms with Crippen molar-refractivity contribution in [1.29, 1.82) is 0 Å². The minimum Gasteiger partial charge on any atom is -0.381 e. The van der Waals surface area contributed by atoms with Crippen LogP contribution in [0.25, 0.3) is 5.70 Å². The van der Waals surface area contributed by atoms with Gasteiger partial charge in [0.05, 0.1) is 0 Å². The Morgan fingerprint density at radius 1 is 1.26 bits per heavy atom.